The van der Waals surface area contributed by atoms with Crippen molar-refractivity contribution < 1.29 is 9.53 Å². The number of methoxy groups -OCH3 is 1. The molecule has 7 heteroatoms. The van der Waals surface area contributed by atoms with E-state index in [2.05, 4.69) is 5.32 Å². The molecule has 1 fully saturated rings. The summed E-state index contributed by atoms with van der Waals surface area (Å²) in [5, 5.41) is 3.30. The third-order valence-corrected chi connectivity index (χ3v) is 5.00. The summed E-state index contributed by atoms with van der Waals surface area (Å²) in [6.45, 7) is 1.67. The largest absolute Gasteiger partial charge is 0.497 e. The Morgan fingerprint density at radius 1 is 1.14 bits per heavy atom. The second kappa shape index (κ2) is 6.99. The molecule has 1 aromatic heterocycles. The van der Waals surface area contributed by atoms with Crippen LogP contribution in [0.3, 0.4) is 0 Å². The highest BCUT2D eigenvalue weighted by molar-refractivity contribution is 5.84. The Labute approximate surface area is 161 Å². The van der Waals surface area contributed by atoms with Crippen LogP contribution in [0.5, 0.6) is 5.75 Å². The maximum absolute atomic E-state index is 13.4. The minimum atomic E-state index is -0.754. The van der Waals surface area contributed by atoms with Crippen LogP contribution in [0.25, 0.3) is 16.6 Å². The minimum absolute atomic E-state index is 0.182. The van der Waals surface area contributed by atoms with Crippen LogP contribution in [-0.2, 0) is 4.79 Å². The Bertz CT molecular complexity index is 1170. The summed E-state index contributed by atoms with van der Waals surface area (Å²) in [7, 11) is 1.52. The molecular weight excluding hydrogens is 358 g/mol. The van der Waals surface area contributed by atoms with Crippen LogP contribution in [0.4, 0.5) is 0 Å². The summed E-state index contributed by atoms with van der Waals surface area (Å²) in [6.07, 6.45) is 1.91. The molecule has 0 bridgehead atoms. The van der Waals surface area contributed by atoms with Crippen LogP contribution in [0.2, 0.25) is 0 Å². The average Bonchev–Trinajstić information content (AvgIpc) is 3.52. The van der Waals surface area contributed by atoms with E-state index >= 15 is 0 Å². The first-order valence-electron chi connectivity index (χ1n) is 9.22. The molecule has 4 rings (SSSR count). The summed E-state index contributed by atoms with van der Waals surface area (Å²) in [5.41, 5.74) is -0.158. The summed E-state index contributed by atoms with van der Waals surface area (Å²) in [6, 6.07) is 13.0. The standard InChI is InChI=1S/C21H21N3O4/c1-13(19(25)22-14-10-11-14)23-18-9-4-3-8-17(18)20(26)24(21(23)27)15-6-5-7-16(12-15)28-2/h3-9,12-14H,10-11H2,1-2H3,(H,22,25)/t13-/m1/s1. The number of para-hydroxylation sites is 1. The molecule has 1 heterocycles. The van der Waals surface area contributed by atoms with Crippen LogP contribution in [-0.4, -0.2) is 28.2 Å². The molecule has 0 spiro atoms. The van der Waals surface area contributed by atoms with Crippen LogP contribution < -0.4 is 21.3 Å². The van der Waals surface area contributed by atoms with Gasteiger partial charge in [0.05, 0.1) is 23.7 Å². The van der Waals surface area contributed by atoms with Crippen LogP contribution in [0.1, 0.15) is 25.8 Å². The van der Waals surface area contributed by atoms with E-state index in [0.717, 1.165) is 17.4 Å². The Morgan fingerprint density at radius 2 is 1.89 bits per heavy atom. The number of hydrogen-bond donors (Lipinski definition) is 1. The Hall–Kier alpha value is -3.35. The van der Waals surface area contributed by atoms with E-state index in [-0.39, 0.29) is 11.9 Å². The zero-order chi connectivity index (χ0) is 19.8. The first-order valence-corrected chi connectivity index (χ1v) is 9.22. The second-order valence-corrected chi connectivity index (χ2v) is 6.97. The molecule has 0 unspecified atom stereocenters. The maximum atomic E-state index is 13.4. The fourth-order valence-corrected chi connectivity index (χ4v) is 3.30. The van der Waals surface area contributed by atoms with Crippen molar-refractivity contribution in [2.75, 3.05) is 7.11 Å². The highest BCUT2D eigenvalue weighted by Crippen LogP contribution is 2.21. The van der Waals surface area contributed by atoms with Crippen molar-refractivity contribution >= 4 is 16.8 Å². The van der Waals surface area contributed by atoms with Crippen molar-refractivity contribution in [2.45, 2.75) is 31.8 Å². The third kappa shape index (κ3) is 3.09. The van der Waals surface area contributed by atoms with Crippen LogP contribution in [0, 0.1) is 0 Å². The third-order valence-electron chi connectivity index (χ3n) is 5.00. The number of nitrogens with one attached hydrogen (secondary N) is 1. The number of fused-ring (bicyclic) bond motifs is 1. The predicted octanol–water partition coefficient (Wildman–Crippen LogP) is 2.00. The number of nitrogens with zero attached hydrogens (tertiary/aromatic N) is 2. The first-order chi connectivity index (χ1) is 13.5. The number of rotatable bonds is 5. The van der Waals surface area contributed by atoms with Gasteiger partial charge < -0.3 is 10.1 Å². The molecule has 1 aliphatic rings. The van der Waals surface area contributed by atoms with Crippen LogP contribution in [0.15, 0.2) is 58.1 Å². The van der Waals surface area contributed by atoms with Gasteiger partial charge in [-0.15, -0.1) is 0 Å². The number of ether oxygens (including phenoxy) is 1. The Morgan fingerprint density at radius 3 is 2.61 bits per heavy atom. The van der Waals surface area contributed by atoms with Gasteiger partial charge in [-0.25, -0.2) is 9.36 Å². The lowest BCUT2D eigenvalue weighted by atomic mass is 10.2. The van der Waals surface area contributed by atoms with Crippen molar-refractivity contribution in [2.24, 2.45) is 0 Å². The van der Waals surface area contributed by atoms with Gasteiger partial charge in [0.25, 0.3) is 5.56 Å². The fourth-order valence-electron chi connectivity index (χ4n) is 3.30. The van der Waals surface area contributed by atoms with Gasteiger partial charge in [-0.1, -0.05) is 18.2 Å². The quantitative estimate of drug-likeness (QED) is 0.735. The highest BCUT2D eigenvalue weighted by atomic mass is 16.5. The van der Waals surface area contributed by atoms with E-state index < -0.39 is 17.3 Å². The number of carbonyl (C=O) groups is 1. The van der Waals surface area contributed by atoms with Crippen molar-refractivity contribution in [1.29, 1.82) is 0 Å². The molecule has 0 radical (unpaired) electrons. The summed E-state index contributed by atoms with van der Waals surface area (Å²) in [4.78, 5) is 39.1. The summed E-state index contributed by atoms with van der Waals surface area (Å²) in [5.74, 6) is 0.300. The van der Waals surface area contributed by atoms with E-state index in [1.807, 2.05) is 0 Å². The molecule has 28 heavy (non-hydrogen) atoms. The van der Waals surface area contributed by atoms with Gasteiger partial charge in [-0.05, 0) is 44.0 Å². The van der Waals surface area contributed by atoms with Gasteiger partial charge in [0.15, 0.2) is 0 Å². The van der Waals surface area contributed by atoms with Gasteiger partial charge in [0, 0.05) is 12.1 Å². The van der Waals surface area contributed by atoms with E-state index in [0.29, 0.717) is 22.3 Å². The van der Waals surface area contributed by atoms with E-state index in [1.165, 1.54) is 11.7 Å². The molecule has 2 aromatic carbocycles. The number of carbonyl (C=O) groups excluding carboxylic acids is 1. The van der Waals surface area contributed by atoms with E-state index in [1.54, 1.807) is 55.5 Å². The Balaban J connectivity index is 1.97. The average molecular weight is 379 g/mol. The molecule has 1 saturated carbocycles. The molecule has 144 valence electrons. The van der Waals surface area contributed by atoms with Gasteiger partial charge in [-0.3, -0.25) is 14.2 Å². The first kappa shape index (κ1) is 18.0. The van der Waals surface area contributed by atoms with Gasteiger partial charge >= 0.3 is 5.69 Å². The molecule has 7 nitrogen and oxygen atoms in total. The molecule has 1 atom stereocenters. The van der Waals surface area contributed by atoms with Crippen molar-refractivity contribution in [3.05, 3.63) is 69.4 Å². The lowest BCUT2D eigenvalue weighted by Crippen LogP contribution is -2.44. The fraction of sp³-hybridized carbons (Fsp3) is 0.286. The topological polar surface area (TPSA) is 82.3 Å². The zero-order valence-electron chi connectivity index (χ0n) is 15.7. The lowest BCUT2D eigenvalue weighted by Gasteiger charge is -2.19. The molecule has 1 aliphatic carbocycles. The summed E-state index contributed by atoms with van der Waals surface area (Å²) >= 11 is 0. The highest BCUT2D eigenvalue weighted by Gasteiger charge is 2.28. The van der Waals surface area contributed by atoms with Crippen LogP contribution >= 0.6 is 0 Å². The number of amides is 1. The van der Waals surface area contributed by atoms with E-state index in [4.69, 9.17) is 4.74 Å². The lowest BCUT2D eigenvalue weighted by molar-refractivity contribution is -0.124. The van der Waals surface area contributed by atoms with Crippen molar-refractivity contribution in [3.8, 4) is 11.4 Å². The van der Waals surface area contributed by atoms with E-state index in [9.17, 15) is 14.4 Å². The minimum Gasteiger partial charge on any atom is -0.497 e. The SMILES string of the molecule is COc1cccc(-n2c(=O)c3ccccc3n([C@H](C)C(=O)NC3CC3)c2=O)c1. The maximum Gasteiger partial charge on any atom is 0.336 e. The number of aromatic nitrogens is 2. The second-order valence-electron chi connectivity index (χ2n) is 6.97. The predicted molar refractivity (Wildman–Crippen MR) is 106 cm³/mol. The molecular formula is C21H21N3O4. The van der Waals surface area contributed by atoms with Gasteiger partial charge in [0.1, 0.15) is 11.8 Å². The number of hydrogen-bond acceptors (Lipinski definition) is 4. The van der Waals surface area contributed by atoms with Gasteiger partial charge in [0.2, 0.25) is 5.91 Å². The zero-order valence-corrected chi connectivity index (χ0v) is 15.7. The summed E-state index contributed by atoms with van der Waals surface area (Å²) < 4.78 is 7.69. The van der Waals surface area contributed by atoms with Crippen molar-refractivity contribution in [3.63, 3.8) is 0 Å². The monoisotopic (exact) mass is 379 g/mol. The molecule has 3 aromatic rings. The smallest absolute Gasteiger partial charge is 0.336 e. The molecule has 1 amide bonds. The molecule has 0 saturated heterocycles. The molecule has 0 aliphatic heterocycles. The number of benzene rings is 2. The molecule has 1 N–H and O–H groups in total. The van der Waals surface area contributed by atoms with Gasteiger partial charge in [-0.2, -0.15) is 0 Å². The normalized spacial score (nSPS) is 14.6. The van der Waals surface area contributed by atoms with Crippen molar-refractivity contribution in [1.82, 2.24) is 14.5 Å². The Kier molecular flexibility index (Phi) is 4.50.